The van der Waals surface area contributed by atoms with Gasteiger partial charge in [0, 0.05) is 36.7 Å². The summed E-state index contributed by atoms with van der Waals surface area (Å²) in [7, 11) is 0. The van der Waals surface area contributed by atoms with Gasteiger partial charge in [-0.15, -0.1) is 11.3 Å². The monoisotopic (exact) mass is 518 g/mol. The molecule has 0 unspecified atom stereocenters. The van der Waals surface area contributed by atoms with Crippen molar-refractivity contribution in [2.75, 3.05) is 26.3 Å². The first-order chi connectivity index (χ1) is 17.3. The summed E-state index contributed by atoms with van der Waals surface area (Å²) in [6.45, 7) is 3.38. The van der Waals surface area contributed by atoms with Gasteiger partial charge in [-0.2, -0.15) is 13.2 Å². The third-order valence-electron chi connectivity index (χ3n) is 5.47. The molecule has 3 aromatic rings. The normalized spacial score (nSPS) is 11.3. The second-order valence-electron chi connectivity index (χ2n) is 8.17. The van der Waals surface area contributed by atoms with Crippen molar-refractivity contribution < 1.29 is 27.5 Å². The summed E-state index contributed by atoms with van der Waals surface area (Å²) in [4.78, 5) is 30.7. The number of rotatable bonds is 12. The van der Waals surface area contributed by atoms with Gasteiger partial charge in [0.05, 0.1) is 12.1 Å². The molecule has 1 aromatic heterocycles. The molecule has 5 nitrogen and oxygen atoms in total. The molecule has 0 aliphatic rings. The summed E-state index contributed by atoms with van der Waals surface area (Å²) >= 11 is 1.53. The van der Waals surface area contributed by atoms with Crippen LogP contribution in [0.2, 0.25) is 0 Å². The number of carbonyl (C=O) groups excluding carboxylic acids is 2. The SMILES string of the molecule is CCOCCCN(CC(=O)N(Cc1ccccc1)Cc1cccs1)C(=O)c1cccc(C(F)(F)F)c1. The molecule has 0 N–H and O–H groups in total. The number of carbonyl (C=O) groups is 2. The Bertz CT molecular complexity index is 1100. The fraction of sp³-hybridized carbons (Fsp3) is 0.333. The number of thiophene rings is 1. The average Bonchev–Trinajstić information content (AvgIpc) is 3.38. The lowest BCUT2D eigenvalue weighted by atomic mass is 10.1. The average molecular weight is 519 g/mol. The topological polar surface area (TPSA) is 49.9 Å². The molecule has 0 atom stereocenters. The molecule has 3 rings (SSSR count). The Labute approximate surface area is 213 Å². The van der Waals surface area contributed by atoms with Crippen LogP contribution in [0.5, 0.6) is 0 Å². The third kappa shape index (κ3) is 8.20. The highest BCUT2D eigenvalue weighted by atomic mass is 32.1. The van der Waals surface area contributed by atoms with E-state index in [1.165, 1.54) is 28.4 Å². The molecule has 0 radical (unpaired) electrons. The Hall–Kier alpha value is -3.17. The van der Waals surface area contributed by atoms with E-state index >= 15 is 0 Å². The minimum Gasteiger partial charge on any atom is -0.382 e. The van der Waals surface area contributed by atoms with Crippen LogP contribution in [0.25, 0.3) is 0 Å². The molecular weight excluding hydrogens is 489 g/mol. The number of hydrogen-bond acceptors (Lipinski definition) is 4. The lowest BCUT2D eigenvalue weighted by Gasteiger charge is -2.28. The third-order valence-corrected chi connectivity index (χ3v) is 6.33. The standard InChI is InChI=1S/C27H29F3N2O3S/c1-2-35-15-8-14-31(26(34)22-11-6-12-23(17-22)27(28,29)30)20-25(33)32(19-24-13-7-16-36-24)18-21-9-4-3-5-10-21/h3-7,9-13,16-17H,2,8,14-15,18-20H2,1H3. The van der Waals surface area contributed by atoms with Crippen molar-refractivity contribution >= 4 is 23.2 Å². The molecule has 0 fully saturated rings. The van der Waals surface area contributed by atoms with Gasteiger partial charge < -0.3 is 14.5 Å². The first-order valence-electron chi connectivity index (χ1n) is 11.7. The summed E-state index contributed by atoms with van der Waals surface area (Å²) < 4.78 is 45.0. The Morgan fingerprint density at radius 1 is 0.944 bits per heavy atom. The Morgan fingerprint density at radius 2 is 1.72 bits per heavy atom. The molecular formula is C27H29F3N2O3S. The number of alkyl halides is 3. The molecule has 0 saturated carbocycles. The van der Waals surface area contributed by atoms with Crippen LogP contribution < -0.4 is 0 Å². The van der Waals surface area contributed by atoms with E-state index in [-0.39, 0.29) is 24.6 Å². The number of amides is 2. The summed E-state index contributed by atoms with van der Waals surface area (Å²) in [5, 5.41) is 1.93. The number of nitrogens with zero attached hydrogens (tertiary/aromatic N) is 2. The summed E-state index contributed by atoms with van der Waals surface area (Å²) in [6.07, 6.45) is -4.12. The minimum absolute atomic E-state index is 0.109. The highest BCUT2D eigenvalue weighted by molar-refractivity contribution is 7.09. The highest BCUT2D eigenvalue weighted by Crippen LogP contribution is 2.29. The van der Waals surface area contributed by atoms with Crippen molar-refractivity contribution in [3.8, 4) is 0 Å². The van der Waals surface area contributed by atoms with Crippen molar-refractivity contribution in [1.82, 2.24) is 9.80 Å². The zero-order chi connectivity index (χ0) is 26.0. The van der Waals surface area contributed by atoms with Crippen LogP contribution in [0.15, 0.2) is 72.1 Å². The van der Waals surface area contributed by atoms with Gasteiger partial charge in [-0.1, -0.05) is 42.5 Å². The predicted octanol–water partition coefficient (Wildman–Crippen LogP) is 5.86. The molecule has 0 bridgehead atoms. The van der Waals surface area contributed by atoms with E-state index in [1.54, 1.807) is 4.90 Å². The van der Waals surface area contributed by atoms with Crippen LogP contribution in [0.3, 0.4) is 0 Å². The molecule has 36 heavy (non-hydrogen) atoms. The maximum atomic E-state index is 13.5. The van der Waals surface area contributed by atoms with E-state index in [0.29, 0.717) is 32.7 Å². The number of hydrogen-bond donors (Lipinski definition) is 0. The van der Waals surface area contributed by atoms with Gasteiger partial charge in [0.1, 0.15) is 6.54 Å². The molecule has 1 heterocycles. The van der Waals surface area contributed by atoms with Crippen LogP contribution in [-0.4, -0.2) is 47.9 Å². The van der Waals surface area contributed by atoms with Crippen molar-refractivity contribution in [1.29, 1.82) is 0 Å². The van der Waals surface area contributed by atoms with Crippen molar-refractivity contribution in [2.24, 2.45) is 0 Å². The molecule has 0 saturated heterocycles. The summed E-state index contributed by atoms with van der Waals surface area (Å²) in [5.41, 5.74) is -0.0752. The second-order valence-corrected chi connectivity index (χ2v) is 9.20. The predicted molar refractivity (Wildman–Crippen MR) is 133 cm³/mol. The van der Waals surface area contributed by atoms with E-state index in [1.807, 2.05) is 54.8 Å². The number of ether oxygens (including phenoxy) is 1. The van der Waals surface area contributed by atoms with Crippen LogP contribution in [0.4, 0.5) is 13.2 Å². The fourth-order valence-electron chi connectivity index (χ4n) is 3.66. The molecule has 2 amide bonds. The quantitative estimate of drug-likeness (QED) is 0.282. The van der Waals surface area contributed by atoms with Crippen molar-refractivity contribution in [2.45, 2.75) is 32.6 Å². The molecule has 192 valence electrons. The lowest BCUT2D eigenvalue weighted by Crippen LogP contribution is -2.43. The Kier molecular flexibility index (Phi) is 10.1. The fourth-order valence-corrected chi connectivity index (χ4v) is 4.37. The largest absolute Gasteiger partial charge is 0.416 e. The van der Waals surface area contributed by atoms with Crippen molar-refractivity contribution in [3.05, 3.63) is 93.7 Å². The Balaban J connectivity index is 1.82. The molecule has 0 spiro atoms. The van der Waals surface area contributed by atoms with Crippen LogP contribution >= 0.6 is 11.3 Å². The highest BCUT2D eigenvalue weighted by Gasteiger charge is 2.31. The van der Waals surface area contributed by atoms with Gasteiger partial charge in [0.2, 0.25) is 5.91 Å². The van der Waals surface area contributed by atoms with E-state index in [2.05, 4.69) is 0 Å². The smallest absolute Gasteiger partial charge is 0.382 e. The lowest BCUT2D eigenvalue weighted by molar-refractivity contribution is -0.137. The summed E-state index contributed by atoms with van der Waals surface area (Å²) in [6, 6.07) is 17.6. The van der Waals surface area contributed by atoms with E-state index in [0.717, 1.165) is 22.6 Å². The number of halogens is 3. The van der Waals surface area contributed by atoms with Gasteiger partial charge in [-0.3, -0.25) is 9.59 Å². The molecule has 0 aliphatic carbocycles. The van der Waals surface area contributed by atoms with Gasteiger partial charge in [0.25, 0.3) is 5.91 Å². The van der Waals surface area contributed by atoms with Crippen LogP contribution in [-0.2, 0) is 28.8 Å². The molecule has 2 aromatic carbocycles. The van der Waals surface area contributed by atoms with E-state index in [9.17, 15) is 22.8 Å². The van der Waals surface area contributed by atoms with Gasteiger partial charge in [-0.25, -0.2) is 0 Å². The summed E-state index contributed by atoms with van der Waals surface area (Å²) in [5.74, 6) is -0.911. The van der Waals surface area contributed by atoms with Crippen LogP contribution in [0.1, 0.15) is 39.7 Å². The van der Waals surface area contributed by atoms with Crippen LogP contribution in [0, 0.1) is 0 Å². The van der Waals surface area contributed by atoms with Crippen molar-refractivity contribution in [3.63, 3.8) is 0 Å². The zero-order valence-corrected chi connectivity index (χ0v) is 20.9. The first-order valence-corrected chi connectivity index (χ1v) is 12.5. The maximum absolute atomic E-state index is 13.5. The molecule has 9 heteroatoms. The first kappa shape index (κ1) is 27.4. The van der Waals surface area contributed by atoms with E-state index in [4.69, 9.17) is 4.74 Å². The number of benzene rings is 2. The second kappa shape index (κ2) is 13.2. The molecule has 0 aliphatic heterocycles. The van der Waals surface area contributed by atoms with Gasteiger partial charge in [-0.05, 0) is 48.6 Å². The van der Waals surface area contributed by atoms with E-state index < -0.39 is 17.6 Å². The van der Waals surface area contributed by atoms with Gasteiger partial charge in [0.15, 0.2) is 0 Å². The maximum Gasteiger partial charge on any atom is 0.416 e. The minimum atomic E-state index is -4.57. The van der Waals surface area contributed by atoms with Gasteiger partial charge >= 0.3 is 6.18 Å². The Morgan fingerprint density at radius 3 is 2.39 bits per heavy atom. The zero-order valence-electron chi connectivity index (χ0n) is 20.0.